The highest BCUT2D eigenvalue weighted by atomic mass is 14.7. The molecule has 4 atom stereocenters. The molecule has 1 nitrogen and oxygen atoms in total. The van der Waals surface area contributed by atoms with E-state index in [9.17, 15) is 0 Å². The van der Waals surface area contributed by atoms with Gasteiger partial charge in [0.1, 0.15) is 0 Å². The average Bonchev–Trinajstić information content (AvgIpc) is 3.36. The van der Waals surface area contributed by atoms with Gasteiger partial charge in [-0.25, -0.2) is 0 Å². The molecular formula is C20H35N. The molecule has 0 amide bonds. The molecule has 0 radical (unpaired) electrons. The fraction of sp³-hybridized carbons (Fsp3) is 0.850. The molecule has 2 saturated carbocycles. The van der Waals surface area contributed by atoms with Crippen molar-refractivity contribution >= 4 is 6.21 Å². The van der Waals surface area contributed by atoms with E-state index >= 15 is 0 Å². The lowest BCUT2D eigenvalue weighted by atomic mass is 9.82. The zero-order chi connectivity index (χ0) is 15.5. The van der Waals surface area contributed by atoms with E-state index in [0.717, 1.165) is 30.2 Å². The van der Waals surface area contributed by atoms with Gasteiger partial charge in [0.05, 0.1) is 6.54 Å². The maximum atomic E-state index is 4.80. The van der Waals surface area contributed by atoms with Crippen LogP contribution in [-0.4, -0.2) is 12.8 Å². The topological polar surface area (TPSA) is 12.4 Å². The molecule has 0 N–H and O–H groups in total. The first-order valence-electron chi connectivity index (χ1n) is 9.26. The SMILES string of the molecule is CCC1C/C1=C/C/N=C\C1(CC(CC)C(C)C)CC1CC. The van der Waals surface area contributed by atoms with Crippen LogP contribution in [0.25, 0.3) is 0 Å². The summed E-state index contributed by atoms with van der Waals surface area (Å²) in [7, 11) is 0. The fourth-order valence-corrected chi connectivity index (χ4v) is 4.04. The molecule has 21 heavy (non-hydrogen) atoms. The van der Waals surface area contributed by atoms with Crippen LogP contribution in [0.1, 0.15) is 73.1 Å². The Bertz CT molecular complexity index is 393. The summed E-state index contributed by atoms with van der Waals surface area (Å²) in [6.45, 7) is 12.7. The minimum Gasteiger partial charge on any atom is -0.293 e. The van der Waals surface area contributed by atoms with E-state index in [0.29, 0.717) is 5.41 Å². The van der Waals surface area contributed by atoms with Crippen LogP contribution in [0.3, 0.4) is 0 Å². The quantitative estimate of drug-likeness (QED) is 0.370. The van der Waals surface area contributed by atoms with E-state index < -0.39 is 0 Å². The summed E-state index contributed by atoms with van der Waals surface area (Å²) in [6.07, 6.45) is 12.7. The van der Waals surface area contributed by atoms with Gasteiger partial charge < -0.3 is 0 Å². The molecule has 0 aromatic heterocycles. The number of hydrogen-bond donors (Lipinski definition) is 0. The number of rotatable bonds is 9. The molecule has 0 aromatic rings. The first-order valence-corrected chi connectivity index (χ1v) is 9.26. The Morgan fingerprint density at radius 1 is 1.24 bits per heavy atom. The summed E-state index contributed by atoms with van der Waals surface area (Å²) in [6, 6.07) is 0. The van der Waals surface area contributed by atoms with Crippen LogP contribution in [-0.2, 0) is 0 Å². The lowest BCUT2D eigenvalue weighted by Gasteiger charge is -2.24. The maximum Gasteiger partial charge on any atom is 0.0569 e. The van der Waals surface area contributed by atoms with E-state index in [2.05, 4.69) is 46.9 Å². The molecule has 4 unspecified atom stereocenters. The van der Waals surface area contributed by atoms with Crippen molar-refractivity contribution in [2.75, 3.05) is 6.54 Å². The Balaban J connectivity index is 1.88. The van der Waals surface area contributed by atoms with Crippen molar-refractivity contribution in [1.82, 2.24) is 0 Å². The van der Waals surface area contributed by atoms with Crippen LogP contribution in [0.2, 0.25) is 0 Å². The number of hydrogen-bond acceptors (Lipinski definition) is 1. The average molecular weight is 290 g/mol. The van der Waals surface area contributed by atoms with Crippen molar-refractivity contribution in [3.63, 3.8) is 0 Å². The van der Waals surface area contributed by atoms with Gasteiger partial charge in [-0.3, -0.25) is 4.99 Å². The van der Waals surface area contributed by atoms with Gasteiger partial charge in [0.25, 0.3) is 0 Å². The Labute approximate surface area is 132 Å². The molecule has 0 spiro atoms. The maximum absolute atomic E-state index is 4.80. The normalized spacial score (nSPS) is 34.9. The second kappa shape index (κ2) is 7.11. The summed E-state index contributed by atoms with van der Waals surface area (Å²) < 4.78 is 0. The third kappa shape index (κ3) is 4.20. The first-order chi connectivity index (χ1) is 10.1. The lowest BCUT2D eigenvalue weighted by Crippen LogP contribution is -2.17. The van der Waals surface area contributed by atoms with Crippen molar-refractivity contribution in [2.24, 2.45) is 34.1 Å². The van der Waals surface area contributed by atoms with Gasteiger partial charge in [-0.05, 0) is 49.4 Å². The van der Waals surface area contributed by atoms with Gasteiger partial charge in [0, 0.05) is 11.6 Å². The highest BCUT2D eigenvalue weighted by Crippen LogP contribution is 2.58. The summed E-state index contributed by atoms with van der Waals surface area (Å²) >= 11 is 0. The summed E-state index contributed by atoms with van der Waals surface area (Å²) in [5, 5.41) is 0. The largest absolute Gasteiger partial charge is 0.293 e. The molecule has 0 aliphatic heterocycles. The minimum atomic E-state index is 0.450. The predicted octanol–water partition coefficient (Wildman–Crippen LogP) is 5.90. The van der Waals surface area contributed by atoms with Crippen LogP contribution in [0.15, 0.2) is 16.6 Å². The molecule has 2 rings (SSSR count). The van der Waals surface area contributed by atoms with Crippen molar-refractivity contribution in [3.05, 3.63) is 11.6 Å². The molecule has 2 fully saturated rings. The van der Waals surface area contributed by atoms with E-state index in [-0.39, 0.29) is 0 Å². The Hall–Kier alpha value is -0.590. The fourth-order valence-electron chi connectivity index (χ4n) is 4.04. The molecule has 0 aromatic carbocycles. The Morgan fingerprint density at radius 2 is 2.00 bits per heavy atom. The molecule has 120 valence electrons. The van der Waals surface area contributed by atoms with Crippen molar-refractivity contribution in [2.45, 2.75) is 73.1 Å². The van der Waals surface area contributed by atoms with Crippen LogP contribution in [0.5, 0.6) is 0 Å². The highest BCUT2D eigenvalue weighted by molar-refractivity contribution is 5.70. The predicted molar refractivity (Wildman–Crippen MR) is 93.9 cm³/mol. The van der Waals surface area contributed by atoms with Crippen molar-refractivity contribution < 1.29 is 0 Å². The standard InChI is InChI=1S/C20H35N/c1-6-16-11-18(16)9-10-21-14-20(13-19(20)8-3)12-17(7-2)15(4)5/h9,14-17,19H,6-8,10-13H2,1-5H3/b18-9-,21-14-. The van der Waals surface area contributed by atoms with Gasteiger partial charge >= 0.3 is 0 Å². The van der Waals surface area contributed by atoms with Gasteiger partial charge in [-0.2, -0.15) is 0 Å². The van der Waals surface area contributed by atoms with Crippen LogP contribution < -0.4 is 0 Å². The van der Waals surface area contributed by atoms with E-state index in [1.165, 1.54) is 38.5 Å². The Kier molecular flexibility index (Phi) is 5.68. The molecule has 1 heteroatoms. The number of nitrogens with zero attached hydrogens (tertiary/aromatic N) is 1. The summed E-state index contributed by atoms with van der Waals surface area (Å²) in [4.78, 5) is 4.80. The summed E-state index contributed by atoms with van der Waals surface area (Å²) in [5.74, 6) is 3.45. The minimum absolute atomic E-state index is 0.450. The van der Waals surface area contributed by atoms with Crippen LogP contribution in [0.4, 0.5) is 0 Å². The summed E-state index contributed by atoms with van der Waals surface area (Å²) in [5.41, 5.74) is 2.10. The second-order valence-electron chi connectivity index (χ2n) is 7.74. The molecule has 0 heterocycles. The smallest absolute Gasteiger partial charge is 0.0569 e. The van der Waals surface area contributed by atoms with Gasteiger partial charge in [-0.15, -0.1) is 0 Å². The number of aliphatic imine (C=N–C) groups is 1. The molecular weight excluding hydrogens is 254 g/mol. The van der Waals surface area contributed by atoms with Crippen molar-refractivity contribution in [1.29, 1.82) is 0 Å². The molecule has 2 aliphatic carbocycles. The van der Waals surface area contributed by atoms with Gasteiger partial charge in [0.15, 0.2) is 0 Å². The molecule has 2 aliphatic rings. The third-order valence-corrected chi connectivity index (χ3v) is 6.03. The zero-order valence-electron chi connectivity index (χ0n) is 14.9. The van der Waals surface area contributed by atoms with Gasteiger partial charge in [-0.1, -0.05) is 59.1 Å². The van der Waals surface area contributed by atoms with Crippen molar-refractivity contribution in [3.8, 4) is 0 Å². The first kappa shape index (κ1) is 16.8. The molecule has 0 bridgehead atoms. The van der Waals surface area contributed by atoms with E-state index in [1.807, 2.05) is 0 Å². The highest BCUT2D eigenvalue weighted by Gasteiger charge is 2.52. The second-order valence-corrected chi connectivity index (χ2v) is 7.74. The van der Waals surface area contributed by atoms with Crippen LogP contribution in [0, 0.1) is 29.1 Å². The monoisotopic (exact) mass is 289 g/mol. The zero-order valence-corrected chi connectivity index (χ0v) is 14.9. The number of allylic oxidation sites excluding steroid dienone is 1. The molecule has 0 saturated heterocycles. The lowest BCUT2D eigenvalue weighted by molar-refractivity contribution is 0.304. The Morgan fingerprint density at radius 3 is 2.48 bits per heavy atom. The van der Waals surface area contributed by atoms with Gasteiger partial charge in [0.2, 0.25) is 0 Å². The van der Waals surface area contributed by atoms with E-state index in [1.54, 1.807) is 5.57 Å². The third-order valence-electron chi connectivity index (χ3n) is 6.03. The van der Waals surface area contributed by atoms with Crippen LogP contribution >= 0.6 is 0 Å². The van der Waals surface area contributed by atoms with E-state index in [4.69, 9.17) is 4.99 Å².